The summed E-state index contributed by atoms with van der Waals surface area (Å²) in [5.74, 6) is 1.44. The number of carbonyl (C=O) groups is 2. The highest BCUT2D eigenvalue weighted by molar-refractivity contribution is 7.13. The van der Waals surface area contributed by atoms with Crippen molar-refractivity contribution >= 4 is 46.2 Å². The summed E-state index contributed by atoms with van der Waals surface area (Å²) < 4.78 is 19.1. The SMILES string of the molecule is Cc1ncsc1-c1ccc([C@@H](CCC#N)NC(=O)[C@@H]2C[C@@H](O)CN2C(=O)[C@@H](c2cc(N3CCC(CN4CCC(O[C@H]5C[C@H](Oc6cc(N7C8CCC7CN(c7cc(-c9ccccc9O)nnc7N)C8)ccn6)C5)CC4)CC3)no2)C(C)C)cc1. The van der Waals surface area contributed by atoms with Gasteiger partial charge in [0.2, 0.25) is 17.7 Å². The summed E-state index contributed by atoms with van der Waals surface area (Å²) in [7, 11) is 0. The molecule has 0 radical (unpaired) electrons. The van der Waals surface area contributed by atoms with Gasteiger partial charge in [-0.05, 0) is 99.1 Å². The van der Waals surface area contributed by atoms with E-state index >= 15 is 0 Å². The highest BCUT2D eigenvalue weighted by Crippen LogP contribution is 2.41. The molecule has 84 heavy (non-hydrogen) atoms. The number of anilines is 4. The average molecular weight is 1160 g/mol. The van der Waals surface area contributed by atoms with Crippen molar-refractivity contribution in [2.45, 2.75) is 146 Å². The van der Waals surface area contributed by atoms with E-state index in [0.29, 0.717) is 59.0 Å². The molecule has 5 aliphatic heterocycles. The van der Waals surface area contributed by atoms with Crippen LogP contribution in [0.1, 0.15) is 113 Å². The van der Waals surface area contributed by atoms with Gasteiger partial charge in [0.1, 0.15) is 23.8 Å². The second-order valence-electron chi connectivity index (χ2n) is 24.3. The Morgan fingerprint density at radius 1 is 0.881 bits per heavy atom. The molecule has 6 fully saturated rings. The number of thiazole rings is 1. The Hall–Kier alpha value is -7.38. The van der Waals surface area contributed by atoms with Crippen LogP contribution in [0.2, 0.25) is 0 Å². The average Bonchev–Trinajstić information content (AvgIpc) is 3.43. The maximum Gasteiger partial charge on any atom is 0.243 e. The fraction of sp³-hybridized carbons (Fsp3) is 0.524. The van der Waals surface area contributed by atoms with Crippen LogP contribution in [-0.2, 0) is 14.3 Å². The van der Waals surface area contributed by atoms with Crippen LogP contribution in [0.5, 0.6) is 11.6 Å². The number of pyridine rings is 1. The maximum absolute atomic E-state index is 14.5. The Balaban J connectivity index is 0.572. The molecule has 2 amide bonds. The minimum atomic E-state index is -0.882. The number of aromatic nitrogens is 5. The number of fused-ring (bicyclic) bond motifs is 2. The highest BCUT2D eigenvalue weighted by atomic mass is 32.1. The predicted octanol–water partition coefficient (Wildman–Crippen LogP) is 8.27. The van der Waals surface area contributed by atoms with Crippen LogP contribution in [0.3, 0.4) is 0 Å². The van der Waals surface area contributed by atoms with Crippen molar-refractivity contribution in [1.82, 2.24) is 40.4 Å². The van der Waals surface area contributed by atoms with Crippen LogP contribution < -0.4 is 30.5 Å². The zero-order chi connectivity index (χ0) is 58.0. The Morgan fingerprint density at radius 2 is 1.64 bits per heavy atom. The van der Waals surface area contributed by atoms with Gasteiger partial charge in [-0.25, -0.2) is 9.97 Å². The number of nitriles is 1. The number of likely N-dealkylation sites (tertiary alicyclic amines) is 2. The van der Waals surface area contributed by atoms with Gasteiger partial charge in [-0.3, -0.25) is 9.59 Å². The molecule has 2 unspecified atom stereocenters. The number of β-amino-alcohol motifs (C(OH)–C–C–N with tert-alkyl or cyclic N) is 1. The number of phenols is 1. The van der Waals surface area contributed by atoms with Crippen molar-refractivity contribution in [3.63, 3.8) is 0 Å². The number of piperazine rings is 1. The zero-order valence-electron chi connectivity index (χ0n) is 48.2. The number of benzene rings is 2. The number of aliphatic hydroxyl groups excluding tert-OH is 1. The lowest BCUT2D eigenvalue weighted by atomic mass is 9.91. The Bertz CT molecular complexity index is 3280. The van der Waals surface area contributed by atoms with Crippen LogP contribution in [0.15, 0.2) is 89.0 Å². The molecule has 6 atom stereocenters. The normalized spacial score (nSPS) is 23.8. The summed E-state index contributed by atoms with van der Waals surface area (Å²) in [6.07, 6.45) is 10.3. The molecule has 6 aromatic rings. The second kappa shape index (κ2) is 25.1. The number of piperidine rings is 2. The molecule has 21 heteroatoms. The van der Waals surface area contributed by atoms with Crippen molar-refractivity contribution in [2.75, 3.05) is 72.8 Å². The molecule has 20 nitrogen and oxygen atoms in total. The fourth-order valence-electron chi connectivity index (χ4n) is 13.8. The summed E-state index contributed by atoms with van der Waals surface area (Å²) in [6, 6.07) is 24.6. The van der Waals surface area contributed by atoms with Crippen molar-refractivity contribution in [2.24, 2.45) is 11.8 Å². The molecule has 5 saturated heterocycles. The number of aryl methyl sites for hydroxylation is 1. The van der Waals surface area contributed by atoms with E-state index in [-0.39, 0.29) is 61.2 Å². The summed E-state index contributed by atoms with van der Waals surface area (Å²) in [5.41, 5.74) is 14.3. The number of ether oxygens (including phenoxy) is 2. The van der Waals surface area contributed by atoms with Gasteiger partial charge in [-0.1, -0.05) is 55.4 Å². The van der Waals surface area contributed by atoms with E-state index in [1.165, 1.54) is 4.90 Å². The van der Waals surface area contributed by atoms with E-state index in [1.807, 2.05) is 81.0 Å². The number of aliphatic hydroxyl groups is 1. The van der Waals surface area contributed by atoms with Crippen molar-refractivity contribution < 1.29 is 33.8 Å². The fourth-order valence-corrected chi connectivity index (χ4v) is 14.6. The van der Waals surface area contributed by atoms with Gasteiger partial charge < -0.3 is 59.8 Å². The van der Waals surface area contributed by atoms with Gasteiger partial charge >= 0.3 is 0 Å². The monoisotopic (exact) mass is 1160 g/mol. The first-order valence-electron chi connectivity index (χ1n) is 30.2. The molecule has 2 bridgehead atoms. The Labute approximate surface area is 494 Å². The zero-order valence-corrected chi connectivity index (χ0v) is 49.0. The standard InChI is InChI=1S/C63H77N13O7S/c1-38(2)59(63(80)75-36-46(77)28-54(75)62(79)68-51(8-6-21-64)41-10-12-42(13-11-41)60-39(3)67-37-84-60)56-32-57(71-83-56)73-25-17-40(18-26-73)33-72-23-19-47(20-24-72)81-48-29-49(30-48)82-58-27-43(16-22-66-58)76-44-14-15-45(76)35-74(34-44)53-31-52(69-70-61(53)65)50-7-4-5-9-55(50)78/h4-5,7,9-13,16,22,27,31-32,37-38,40,44-49,51,54,59,77-78H,6,8,14-15,17-20,23-26,28-30,33-36H2,1-3H3,(H2,65,70)(H,68,79)/t44?,45?,46-,48-,49-,51-,54+,59-/m1/s1. The molecule has 1 saturated carbocycles. The highest BCUT2D eigenvalue weighted by Gasteiger charge is 2.45. The number of para-hydroxylation sites is 1. The number of phenolic OH excluding ortho intramolecular Hbond substituents is 1. The van der Waals surface area contributed by atoms with Gasteiger partial charge in [0.25, 0.3) is 0 Å². The quantitative estimate of drug-likeness (QED) is 0.0596. The van der Waals surface area contributed by atoms with Gasteiger partial charge in [-0.2, -0.15) is 5.26 Å². The number of hydrogen-bond acceptors (Lipinski definition) is 19. The number of hydrogen-bond donors (Lipinski definition) is 4. The molecular formula is C63H77N13O7S. The number of nitrogens with zero attached hydrogens (tertiary/aromatic N) is 11. The summed E-state index contributed by atoms with van der Waals surface area (Å²) >= 11 is 1.57. The molecule has 1 aliphatic carbocycles. The van der Waals surface area contributed by atoms with Gasteiger partial charge in [0, 0.05) is 120 Å². The number of nitrogens with two attached hydrogens (primary N) is 1. The summed E-state index contributed by atoms with van der Waals surface area (Å²) in [4.78, 5) is 49.9. The maximum atomic E-state index is 14.5. The lowest BCUT2D eigenvalue weighted by Gasteiger charge is -2.43. The molecule has 4 aromatic heterocycles. The van der Waals surface area contributed by atoms with Crippen molar-refractivity contribution in [3.8, 4) is 39.4 Å². The molecule has 6 aliphatic rings. The molecule has 2 aromatic carbocycles. The first kappa shape index (κ1) is 57.1. The smallest absolute Gasteiger partial charge is 0.243 e. The lowest BCUT2D eigenvalue weighted by Crippen LogP contribution is -2.54. The van der Waals surface area contributed by atoms with Crippen LogP contribution in [0, 0.1) is 30.1 Å². The Kier molecular flexibility index (Phi) is 17.0. The number of carbonyl (C=O) groups excluding carboxylic acids is 2. The molecule has 9 heterocycles. The van der Waals surface area contributed by atoms with Crippen LogP contribution >= 0.6 is 11.3 Å². The van der Waals surface area contributed by atoms with E-state index in [9.17, 15) is 25.1 Å². The number of amides is 2. The molecular weight excluding hydrogens is 1080 g/mol. The van der Waals surface area contributed by atoms with E-state index in [2.05, 4.69) is 68.4 Å². The number of nitrogen functional groups attached to an aromatic ring is 1. The third-order valence-electron chi connectivity index (χ3n) is 18.3. The first-order valence-corrected chi connectivity index (χ1v) is 31.0. The lowest BCUT2D eigenvalue weighted by molar-refractivity contribution is -0.141. The van der Waals surface area contributed by atoms with E-state index in [0.717, 1.165) is 130 Å². The third kappa shape index (κ3) is 12.4. The van der Waals surface area contributed by atoms with Crippen LogP contribution in [0.25, 0.3) is 21.7 Å². The van der Waals surface area contributed by atoms with Gasteiger partial charge in [0.15, 0.2) is 17.4 Å². The topological polar surface area (TPSA) is 249 Å². The molecule has 12 rings (SSSR count). The molecule has 442 valence electrons. The van der Waals surface area contributed by atoms with E-state index in [1.54, 1.807) is 23.5 Å². The summed E-state index contributed by atoms with van der Waals surface area (Å²) in [6.45, 7) is 12.3. The van der Waals surface area contributed by atoms with Crippen molar-refractivity contribution in [1.29, 1.82) is 5.26 Å². The first-order chi connectivity index (χ1) is 40.8. The largest absolute Gasteiger partial charge is 0.507 e. The minimum absolute atomic E-state index is 0.0373. The number of aromatic hydroxyl groups is 1. The van der Waals surface area contributed by atoms with Gasteiger partial charge in [0.05, 0.1) is 57.9 Å². The van der Waals surface area contributed by atoms with E-state index in [4.69, 9.17) is 19.7 Å². The minimum Gasteiger partial charge on any atom is -0.507 e. The van der Waals surface area contributed by atoms with E-state index < -0.39 is 24.1 Å². The second-order valence-corrected chi connectivity index (χ2v) is 25.2. The van der Waals surface area contributed by atoms with Crippen LogP contribution in [-0.4, -0.2) is 152 Å². The van der Waals surface area contributed by atoms with Crippen molar-refractivity contribution in [3.05, 3.63) is 102 Å². The molecule has 5 N–H and O–H groups in total. The third-order valence-corrected chi connectivity index (χ3v) is 19.3. The Morgan fingerprint density at radius 3 is 2.36 bits per heavy atom. The van der Waals surface area contributed by atoms with Gasteiger partial charge in [-0.15, -0.1) is 21.5 Å². The number of rotatable bonds is 19. The predicted molar refractivity (Wildman–Crippen MR) is 320 cm³/mol. The summed E-state index contributed by atoms with van der Waals surface area (Å²) in [5, 5.41) is 47.1. The molecule has 0 spiro atoms. The number of nitrogens with one attached hydrogen (secondary N) is 1. The van der Waals surface area contributed by atoms with Crippen LogP contribution in [0.4, 0.5) is 23.0 Å².